The summed E-state index contributed by atoms with van der Waals surface area (Å²) in [5, 5.41) is 8.28. The number of pyridine rings is 1. The van der Waals surface area contributed by atoms with E-state index in [1.54, 1.807) is 17.0 Å². The van der Waals surface area contributed by atoms with Gasteiger partial charge in [-0.2, -0.15) is 4.98 Å². The number of rotatable bonds is 7. The molecule has 2 saturated heterocycles. The summed E-state index contributed by atoms with van der Waals surface area (Å²) in [6.07, 6.45) is 7.47. The fourth-order valence-electron chi connectivity index (χ4n) is 5.82. The molecule has 10 heteroatoms. The van der Waals surface area contributed by atoms with Gasteiger partial charge in [0.15, 0.2) is 0 Å². The summed E-state index contributed by atoms with van der Waals surface area (Å²) in [6, 6.07) is 10.2. The van der Waals surface area contributed by atoms with Gasteiger partial charge in [0.25, 0.3) is 5.56 Å². The molecule has 1 unspecified atom stereocenters. The summed E-state index contributed by atoms with van der Waals surface area (Å²) in [6.45, 7) is 4.34. The molecule has 1 atom stereocenters. The topological polar surface area (TPSA) is 108 Å². The van der Waals surface area contributed by atoms with Gasteiger partial charge in [0, 0.05) is 60.6 Å². The molecule has 1 saturated carbocycles. The molecule has 7 rings (SSSR count). The molecule has 0 radical (unpaired) electrons. The minimum absolute atomic E-state index is 0.000537. The van der Waals surface area contributed by atoms with Crippen molar-refractivity contribution in [1.29, 1.82) is 0 Å². The minimum atomic E-state index is 0.000537. The first kappa shape index (κ1) is 25.4. The van der Waals surface area contributed by atoms with Crippen LogP contribution in [0, 0.1) is 0 Å². The smallest absolute Gasteiger partial charge is 0.256 e. The van der Waals surface area contributed by atoms with Crippen LogP contribution in [0.2, 0.25) is 0 Å². The summed E-state index contributed by atoms with van der Waals surface area (Å²) in [7, 11) is 2.12. The number of nitrogens with zero attached hydrogens (tertiary/aromatic N) is 5. The van der Waals surface area contributed by atoms with E-state index in [2.05, 4.69) is 39.5 Å². The first-order valence-corrected chi connectivity index (χ1v) is 14.2. The van der Waals surface area contributed by atoms with Crippen molar-refractivity contribution < 1.29 is 14.0 Å². The van der Waals surface area contributed by atoms with E-state index in [1.165, 1.54) is 0 Å². The number of aromatic nitrogens is 4. The van der Waals surface area contributed by atoms with Gasteiger partial charge in [0.1, 0.15) is 11.4 Å². The molecule has 4 aromatic rings. The number of hydrogen-bond donors (Lipinski definition) is 1. The van der Waals surface area contributed by atoms with E-state index in [4.69, 9.17) is 19.0 Å². The number of morpholine rings is 1. The van der Waals surface area contributed by atoms with Crippen LogP contribution in [0.4, 0.5) is 11.6 Å². The highest BCUT2D eigenvalue weighted by atomic mass is 16.5. The van der Waals surface area contributed by atoms with E-state index in [0.717, 1.165) is 78.9 Å². The zero-order valence-electron chi connectivity index (χ0n) is 22.7. The predicted molar refractivity (Wildman–Crippen MR) is 150 cm³/mol. The highest BCUT2D eigenvalue weighted by molar-refractivity contribution is 5.77. The number of anilines is 2. The number of hydrogen-bond acceptors (Lipinski definition) is 9. The lowest BCUT2D eigenvalue weighted by atomic mass is 9.95. The fourth-order valence-corrected chi connectivity index (χ4v) is 5.82. The second kappa shape index (κ2) is 10.8. The van der Waals surface area contributed by atoms with Crippen LogP contribution >= 0.6 is 0 Å². The normalized spacial score (nSPS) is 20.7. The Morgan fingerprint density at radius 2 is 1.85 bits per heavy atom. The van der Waals surface area contributed by atoms with E-state index in [9.17, 15) is 4.79 Å². The van der Waals surface area contributed by atoms with Gasteiger partial charge < -0.3 is 24.2 Å². The van der Waals surface area contributed by atoms with Crippen LogP contribution in [-0.2, 0) is 16.0 Å². The van der Waals surface area contributed by atoms with Gasteiger partial charge in [0.05, 0.1) is 25.5 Å². The molecule has 3 fully saturated rings. The number of ether oxygens (including phenoxy) is 2. The zero-order valence-corrected chi connectivity index (χ0v) is 22.7. The first-order chi connectivity index (χ1) is 19.6. The van der Waals surface area contributed by atoms with Crippen molar-refractivity contribution in [3.8, 4) is 0 Å². The molecule has 0 bridgehead atoms. The molecule has 3 aromatic heterocycles. The summed E-state index contributed by atoms with van der Waals surface area (Å²) in [5.41, 5.74) is 4.38. The third-order valence-electron chi connectivity index (χ3n) is 8.28. The second-order valence-corrected chi connectivity index (χ2v) is 11.2. The van der Waals surface area contributed by atoms with Crippen molar-refractivity contribution in [2.45, 2.75) is 50.2 Å². The quantitative estimate of drug-likeness (QED) is 0.365. The van der Waals surface area contributed by atoms with Crippen LogP contribution in [0.3, 0.4) is 0 Å². The van der Waals surface area contributed by atoms with Crippen molar-refractivity contribution in [1.82, 2.24) is 24.6 Å². The van der Waals surface area contributed by atoms with E-state index < -0.39 is 0 Å². The molecule has 3 aliphatic rings. The van der Waals surface area contributed by atoms with Gasteiger partial charge in [-0.1, -0.05) is 17.3 Å². The van der Waals surface area contributed by atoms with Crippen LogP contribution in [0.25, 0.3) is 11.0 Å². The molecule has 0 spiro atoms. The second-order valence-electron chi connectivity index (χ2n) is 11.2. The highest BCUT2D eigenvalue weighted by Gasteiger charge is 2.29. The largest absolute Gasteiger partial charge is 0.381 e. The van der Waals surface area contributed by atoms with Gasteiger partial charge in [-0.25, -0.2) is 4.98 Å². The molecule has 2 aliphatic heterocycles. The lowest BCUT2D eigenvalue weighted by Gasteiger charge is -2.30. The van der Waals surface area contributed by atoms with Gasteiger partial charge in [0.2, 0.25) is 5.95 Å². The molecular formula is C30H34N6O4. The monoisotopic (exact) mass is 542 g/mol. The van der Waals surface area contributed by atoms with Crippen molar-refractivity contribution in [3.63, 3.8) is 0 Å². The highest BCUT2D eigenvalue weighted by Crippen LogP contribution is 2.39. The molecule has 40 heavy (non-hydrogen) atoms. The van der Waals surface area contributed by atoms with Crippen molar-refractivity contribution >= 4 is 22.7 Å². The van der Waals surface area contributed by atoms with E-state index in [-0.39, 0.29) is 17.6 Å². The molecule has 208 valence electrons. The maximum absolute atomic E-state index is 13.8. The molecule has 0 amide bonds. The summed E-state index contributed by atoms with van der Waals surface area (Å²) in [5.74, 6) is 1.84. The third-order valence-corrected chi connectivity index (χ3v) is 8.28. The minimum Gasteiger partial charge on any atom is -0.381 e. The number of likely N-dealkylation sites (N-methyl/N-ethyl adjacent to an activating group) is 1. The Hall–Kier alpha value is -3.60. The third kappa shape index (κ3) is 5.14. The van der Waals surface area contributed by atoms with Crippen LogP contribution < -0.4 is 10.9 Å². The van der Waals surface area contributed by atoms with E-state index >= 15 is 0 Å². The average Bonchev–Trinajstić information content (AvgIpc) is 3.72. The Balaban J connectivity index is 1.19. The summed E-state index contributed by atoms with van der Waals surface area (Å²) >= 11 is 0. The van der Waals surface area contributed by atoms with Crippen LogP contribution in [0.1, 0.15) is 66.1 Å². The van der Waals surface area contributed by atoms with Gasteiger partial charge in [-0.3, -0.25) is 9.36 Å². The van der Waals surface area contributed by atoms with Gasteiger partial charge >= 0.3 is 0 Å². The van der Waals surface area contributed by atoms with Crippen LogP contribution in [0.15, 0.2) is 52.0 Å². The maximum atomic E-state index is 13.8. The average molecular weight is 543 g/mol. The van der Waals surface area contributed by atoms with Gasteiger partial charge in [-0.05, 0) is 62.4 Å². The van der Waals surface area contributed by atoms with E-state index in [1.807, 2.05) is 18.2 Å². The van der Waals surface area contributed by atoms with Crippen molar-refractivity contribution in [3.05, 3.63) is 75.5 Å². The molecule has 1 N–H and O–H groups in total. The maximum Gasteiger partial charge on any atom is 0.256 e. The first-order valence-electron chi connectivity index (χ1n) is 14.2. The van der Waals surface area contributed by atoms with Crippen LogP contribution in [0.5, 0.6) is 0 Å². The molecular weight excluding hydrogens is 508 g/mol. The molecule has 1 aliphatic carbocycles. The Bertz CT molecular complexity index is 1550. The number of nitrogens with one attached hydrogen (secondary N) is 1. The fraction of sp³-hybridized carbons (Fsp3) is 0.467. The zero-order chi connectivity index (χ0) is 27.1. The van der Waals surface area contributed by atoms with Crippen molar-refractivity contribution in [2.24, 2.45) is 0 Å². The predicted octanol–water partition coefficient (Wildman–Crippen LogP) is 4.35. The van der Waals surface area contributed by atoms with Crippen LogP contribution in [-0.4, -0.2) is 64.5 Å². The molecule has 1 aromatic carbocycles. The lowest BCUT2D eigenvalue weighted by Crippen LogP contribution is -2.35. The Morgan fingerprint density at radius 1 is 1.02 bits per heavy atom. The van der Waals surface area contributed by atoms with E-state index in [0.29, 0.717) is 37.3 Å². The Kier molecular flexibility index (Phi) is 6.82. The molecule has 5 heterocycles. The SMILES string of the molecule is CN1CCOC(c2ccc(Nc3ncc4cc(C5CC5)c(=O)n(Cc5cnoc5C5CCOCC5)c4n3)cc2)C1. The van der Waals surface area contributed by atoms with Gasteiger partial charge in [-0.15, -0.1) is 0 Å². The Labute approximate surface area is 232 Å². The summed E-state index contributed by atoms with van der Waals surface area (Å²) < 4.78 is 19.0. The standard InChI is InChI=1S/C30H34N6O4/c1-35-10-13-39-26(18-35)20-4-6-24(7-5-20)33-30-31-15-22-14-25(19-2-3-19)29(37)36(28(22)34-30)17-23-16-32-40-27(23)21-8-11-38-12-9-21/h4-7,14-16,19,21,26H,2-3,8-13,17-18H2,1H3,(H,31,33,34). The number of benzene rings is 1. The molecule has 10 nitrogen and oxygen atoms in total. The number of fused-ring (bicyclic) bond motifs is 1. The summed E-state index contributed by atoms with van der Waals surface area (Å²) in [4.78, 5) is 25.5. The Morgan fingerprint density at radius 3 is 2.62 bits per heavy atom. The lowest BCUT2D eigenvalue weighted by molar-refractivity contribution is -0.0208. The van der Waals surface area contributed by atoms with Crippen molar-refractivity contribution in [2.75, 3.05) is 45.3 Å².